The molecule has 15 atom stereocenters. The number of guanidine groups is 2. The van der Waals surface area contributed by atoms with Gasteiger partial charge in [-0.2, -0.15) is 0 Å². The van der Waals surface area contributed by atoms with E-state index in [4.69, 9.17) is 41.6 Å². The van der Waals surface area contributed by atoms with Crippen LogP contribution in [0.15, 0.2) is 4.99 Å². The monoisotopic (exact) mass is 619 g/mol. The molecule has 0 bridgehead atoms. The van der Waals surface area contributed by atoms with Crippen LogP contribution in [0.1, 0.15) is 6.92 Å². The smallest absolute Gasteiger partial charge is 0.187 e. The summed E-state index contributed by atoms with van der Waals surface area (Å²) in [6.45, 7) is -0.204. The highest BCUT2D eigenvalue weighted by Gasteiger charge is 2.60. The quantitative estimate of drug-likeness (QED) is 0.0840. The number of aliphatic hydroxyl groups is 8. The van der Waals surface area contributed by atoms with Gasteiger partial charge >= 0.3 is 0 Å². The molecular formula is C21H42ClN7O12. The maximum Gasteiger partial charge on any atom is 0.187 e. The normalized spacial score (nSPS) is 46.4. The van der Waals surface area contributed by atoms with E-state index in [1.165, 1.54) is 14.0 Å². The summed E-state index contributed by atoms with van der Waals surface area (Å²) in [5.41, 5.74) is 14.2. The number of aliphatic imine (C=N–C) groups is 1. The summed E-state index contributed by atoms with van der Waals surface area (Å²) < 4.78 is 23.2. The lowest BCUT2D eigenvalue weighted by Crippen LogP contribution is -2.70. The Morgan fingerprint density at radius 2 is 1.54 bits per heavy atom. The van der Waals surface area contributed by atoms with Gasteiger partial charge in [0.25, 0.3) is 0 Å². The molecule has 1 saturated carbocycles. The number of hydrogen-bond acceptors (Lipinski definition) is 15. The van der Waals surface area contributed by atoms with E-state index in [1.807, 2.05) is 0 Å². The van der Waals surface area contributed by atoms with Gasteiger partial charge in [0.2, 0.25) is 0 Å². The Balaban J connectivity index is 0.00000588. The molecule has 1 aliphatic carbocycles. The Morgan fingerprint density at radius 3 is 2.05 bits per heavy atom. The molecule has 0 unspecified atom stereocenters. The Labute approximate surface area is 241 Å². The predicted octanol–water partition coefficient (Wildman–Crippen LogP) is -7.74. The highest BCUT2D eigenvalue weighted by Crippen LogP contribution is 2.39. The SMILES string of the molecule is CN[C@@H]1[C@H](O[C@H]2[C@@H](O[C@H]3[C@H](O)[C@@H](O)[C@@H](NC(=N)N)[C@@H](O)[C@@H]3N=C(N)N)O[C@@H](C)[C@@]2(O)CO)O[C@@H](CO)[C@H](O)[C@H]1O.Cl. The standard InChI is InChI=1S/C21H41N7O12.ClH/c1-5-21(36,4-30)16(40-17-9(26-2)13(34)10(31)6(3-29)38-17)18(37-5)39-15-8(28-20(24)25)11(32)7(27-19(22)23)12(33)14(15)35;/h5-18,26,29-36H,3-4H2,1-2H3,(H4,22,23,27)(H4,24,25,28);1H/t5-,6-,7-,8-,9-,10-,11+,12-,13-,14+,15+,16-,17-,18+,21-;/m0./s1. The number of nitrogens with two attached hydrogens (primary N) is 3. The zero-order valence-electron chi connectivity index (χ0n) is 22.3. The van der Waals surface area contributed by atoms with Crippen LogP contribution in [0.3, 0.4) is 0 Å². The predicted molar refractivity (Wildman–Crippen MR) is 140 cm³/mol. The number of aliphatic hydroxyl groups excluding tert-OH is 7. The summed E-state index contributed by atoms with van der Waals surface area (Å²) in [7, 11) is 1.44. The van der Waals surface area contributed by atoms with Crippen LogP contribution in [0, 0.1) is 5.41 Å². The third-order valence-corrected chi connectivity index (χ3v) is 7.55. The largest absolute Gasteiger partial charge is 0.394 e. The second-order valence-electron chi connectivity index (χ2n) is 10.1. The minimum absolute atomic E-state index is 0. The van der Waals surface area contributed by atoms with E-state index in [9.17, 15) is 40.9 Å². The van der Waals surface area contributed by atoms with Crippen LogP contribution in [0.5, 0.6) is 0 Å². The van der Waals surface area contributed by atoms with Crippen molar-refractivity contribution in [1.82, 2.24) is 10.6 Å². The second kappa shape index (κ2) is 14.2. The summed E-state index contributed by atoms with van der Waals surface area (Å²) in [6.07, 6.45) is -16.9. The van der Waals surface area contributed by atoms with Crippen molar-refractivity contribution in [1.29, 1.82) is 5.41 Å². The van der Waals surface area contributed by atoms with Crippen molar-refractivity contribution in [2.45, 2.75) is 98.2 Å². The van der Waals surface area contributed by atoms with Crippen molar-refractivity contribution in [3.63, 3.8) is 0 Å². The van der Waals surface area contributed by atoms with E-state index < -0.39 is 116 Å². The van der Waals surface area contributed by atoms with Crippen molar-refractivity contribution in [2.24, 2.45) is 22.2 Å². The van der Waals surface area contributed by atoms with Gasteiger partial charge in [-0.25, -0.2) is 4.99 Å². The molecule has 240 valence electrons. The molecule has 0 aromatic heterocycles. The van der Waals surface area contributed by atoms with Gasteiger partial charge in [-0.15, -0.1) is 12.4 Å². The third-order valence-electron chi connectivity index (χ3n) is 7.55. The Bertz CT molecular complexity index is 909. The van der Waals surface area contributed by atoms with Crippen LogP contribution in [0.25, 0.3) is 0 Å². The Hall–Kier alpha value is -1.69. The van der Waals surface area contributed by atoms with Crippen LogP contribution in [-0.2, 0) is 18.9 Å². The molecule has 3 fully saturated rings. The van der Waals surface area contributed by atoms with Crippen molar-refractivity contribution in [2.75, 3.05) is 20.3 Å². The molecule has 0 radical (unpaired) electrons. The first-order chi connectivity index (χ1) is 18.7. The maximum atomic E-state index is 11.3. The minimum atomic E-state index is -2.15. The summed E-state index contributed by atoms with van der Waals surface area (Å²) in [4.78, 5) is 3.91. The van der Waals surface area contributed by atoms with Crippen molar-refractivity contribution < 1.29 is 59.8 Å². The van der Waals surface area contributed by atoms with Gasteiger partial charge in [-0.3, -0.25) is 5.41 Å². The lowest BCUT2D eigenvalue weighted by atomic mass is 9.81. The van der Waals surface area contributed by atoms with Crippen LogP contribution in [0.4, 0.5) is 0 Å². The summed E-state index contributed by atoms with van der Waals surface area (Å²) in [5.74, 6) is -1.13. The Kier molecular flexibility index (Phi) is 12.3. The molecule has 41 heavy (non-hydrogen) atoms. The van der Waals surface area contributed by atoms with Gasteiger partial charge in [0.15, 0.2) is 24.5 Å². The van der Waals surface area contributed by atoms with Gasteiger partial charge in [-0.1, -0.05) is 0 Å². The van der Waals surface area contributed by atoms with Crippen molar-refractivity contribution >= 4 is 24.3 Å². The second-order valence-corrected chi connectivity index (χ2v) is 10.1. The molecule has 2 aliphatic heterocycles. The first kappa shape index (κ1) is 35.5. The zero-order valence-corrected chi connectivity index (χ0v) is 23.1. The number of nitrogens with zero attached hydrogens (tertiary/aromatic N) is 1. The highest BCUT2D eigenvalue weighted by molar-refractivity contribution is 5.85. The molecule has 0 aromatic rings. The van der Waals surface area contributed by atoms with E-state index >= 15 is 0 Å². The van der Waals surface area contributed by atoms with Gasteiger partial charge in [0.1, 0.15) is 60.5 Å². The van der Waals surface area contributed by atoms with E-state index in [-0.39, 0.29) is 12.4 Å². The van der Waals surface area contributed by atoms with E-state index in [0.29, 0.717) is 0 Å². The first-order valence-electron chi connectivity index (χ1n) is 12.5. The van der Waals surface area contributed by atoms with Gasteiger partial charge in [0, 0.05) is 0 Å². The van der Waals surface area contributed by atoms with Gasteiger partial charge < -0.3 is 87.6 Å². The van der Waals surface area contributed by atoms with E-state index in [1.54, 1.807) is 0 Å². The molecule has 3 aliphatic rings. The number of halogens is 1. The van der Waals surface area contributed by atoms with Crippen LogP contribution in [-0.4, -0.2) is 164 Å². The van der Waals surface area contributed by atoms with Crippen molar-refractivity contribution in [3.05, 3.63) is 0 Å². The van der Waals surface area contributed by atoms with Crippen LogP contribution >= 0.6 is 12.4 Å². The number of nitrogens with one attached hydrogen (secondary N) is 3. The molecule has 0 amide bonds. The summed E-state index contributed by atoms with van der Waals surface area (Å²) in [6, 6.07) is -3.94. The Morgan fingerprint density at radius 1 is 0.927 bits per heavy atom. The fourth-order valence-electron chi connectivity index (χ4n) is 5.22. The van der Waals surface area contributed by atoms with Gasteiger partial charge in [-0.05, 0) is 14.0 Å². The minimum Gasteiger partial charge on any atom is -0.394 e. The molecule has 3 rings (SSSR count). The van der Waals surface area contributed by atoms with E-state index in [0.717, 1.165) is 0 Å². The average Bonchev–Trinajstić information content (AvgIpc) is 3.13. The van der Waals surface area contributed by atoms with Gasteiger partial charge in [0.05, 0.1) is 31.4 Å². The third kappa shape index (κ3) is 6.94. The fourth-order valence-corrected chi connectivity index (χ4v) is 5.22. The number of ether oxygens (including phenoxy) is 4. The van der Waals surface area contributed by atoms with E-state index in [2.05, 4.69) is 15.6 Å². The zero-order chi connectivity index (χ0) is 30.1. The lowest BCUT2D eigenvalue weighted by Gasteiger charge is -2.46. The summed E-state index contributed by atoms with van der Waals surface area (Å²) in [5, 5.41) is 96.7. The molecule has 0 aromatic carbocycles. The molecule has 17 N–H and O–H groups in total. The molecule has 19 nitrogen and oxygen atoms in total. The molecular weight excluding hydrogens is 578 g/mol. The van der Waals surface area contributed by atoms with Crippen LogP contribution < -0.4 is 27.8 Å². The topological polar surface area (TPSA) is 337 Å². The maximum absolute atomic E-state index is 11.3. The number of hydrogen-bond donors (Lipinski definition) is 14. The number of likely N-dealkylation sites (N-methyl/N-ethyl adjacent to an activating group) is 1. The average molecular weight is 620 g/mol. The number of rotatable bonds is 9. The molecule has 20 heteroatoms. The molecule has 2 heterocycles. The first-order valence-corrected chi connectivity index (χ1v) is 12.5. The highest BCUT2D eigenvalue weighted by atomic mass is 35.5. The van der Waals surface area contributed by atoms with Crippen LogP contribution in [0.2, 0.25) is 0 Å². The fraction of sp³-hybridized carbons (Fsp3) is 0.905. The molecule has 2 saturated heterocycles. The molecule has 0 spiro atoms. The lowest BCUT2D eigenvalue weighted by molar-refractivity contribution is -0.317. The van der Waals surface area contributed by atoms with Crippen molar-refractivity contribution in [3.8, 4) is 0 Å². The summed E-state index contributed by atoms with van der Waals surface area (Å²) >= 11 is 0.